The molecule has 2 aromatic carbocycles. The van der Waals surface area contributed by atoms with Crippen LogP contribution in [0.15, 0.2) is 54.9 Å². The van der Waals surface area contributed by atoms with Crippen LogP contribution in [0.1, 0.15) is 5.56 Å². The summed E-state index contributed by atoms with van der Waals surface area (Å²) in [5, 5.41) is 0. The molecule has 3 rings (SSSR count). The number of imidazole rings is 1. The van der Waals surface area contributed by atoms with Gasteiger partial charge in [-0.15, -0.1) is 0 Å². The largest absolute Gasteiger partial charge is 0.492 e. The van der Waals surface area contributed by atoms with Crippen molar-refractivity contribution in [3.8, 4) is 5.75 Å². The first-order valence-corrected chi connectivity index (χ1v) is 6.68. The molecule has 0 bridgehead atoms. The van der Waals surface area contributed by atoms with Gasteiger partial charge in [-0.25, -0.2) is 4.98 Å². The first-order chi connectivity index (χ1) is 9.86. The average Bonchev–Trinajstić information content (AvgIpc) is 2.92. The van der Waals surface area contributed by atoms with Crippen molar-refractivity contribution in [3.63, 3.8) is 0 Å². The van der Waals surface area contributed by atoms with Gasteiger partial charge >= 0.3 is 0 Å². The quantitative estimate of drug-likeness (QED) is 0.773. The van der Waals surface area contributed by atoms with Gasteiger partial charge < -0.3 is 15.0 Å². The highest BCUT2D eigenvalue weighted by Gasteiger charge is 2.01. The fourth-order valence-corrected chi connectivity index (χ4v) is 2.17. The van der Waals surface area contributed by atoms with Crippen LogP contribution in [0, 0.1) is 0 Å². The third-order valence-corrected chi connectivity index (χ3v) is 3.29. The first kappa shape index (κ1) is 12.7. The van der Waals surface area contributed by atoms with E-state index in [0.29, 0.717) is 13.2 Å². The standard InChI is InChI=1S/C16H17N3O/c17-11-13-5-7-14(8-6-13)20-10-9-19-12-18-15-3-1-2-4-16(15)19/h1-8,12H,9-11,17H2. The van der Waals surface area contributed by atoms with E-state index in [1.54, 1.807) is 0 Å². The van der Waals surface area contributed by atoms with Gasteiger partial charge in [-0.3, -0.25) is 0 Å². The Morgan fingerprint density at radius 2 is 1.85 bits per heavy atom. The molecule has 0 fully saturated rings. The van der Waals surface area contributed by atoms with Crippen LogP contribution < -0.4 is 10.5 Å². The molecule has 1 heterocycles. The minimum atomic E-state index is 0.557. The van der Waals surface area contributed by atoms with Crippen LogP contribution in [-0.4, -0.2) is 16.2 Å². The molecular formula is C16H17N3O. The zero-order valence-electron chi connectivity index (χ0n) is 11.2. The van der Waals surface area contributed by atoms with Crippen LogP contribution in [0.25, 0.3) is 11.0 Å². The maximum absolute atomic E-state index is 5.74. The summed E-state index contributed by atoms with van der Waals surface area (Å²) in [6, 6.07) is 16.0. The summed E-state index contributed by atoms with van der Waals surface area (Å²) in [5.41, 5.74) is 8.82. The lowest BCUT2D eigenvalue weighted by molar-refractivity contribution is 0.300. The van der Waals surface area contributed by atoms with E-state index in [-0.39, 0.29) is 0 Å². The van der Waals surface area contributed by atoms with Crippen molar-refractivity contribution in [1.82, 2.24) is 9.55 Å². The van der Waals surface area contributed by atoms with Crippen LogP contribution in [0.2, 0.25) is 0 Å². The van der Waals surface area contributed by atoms with Crippen LogP contribution in [0.4, 0.5) is 0 Å². The first-order valence-electron chi connectivity index (χ1n) is 6.68. The molecule has 0 aliphatic carbocycles. The number of fused-ring (bicyclic) bond motifs is 1. The Kier molecular flexibility index (Phi) is 3.65. The third-order valence-electron chi connectivity index (χ3n) is 3.29. The zero-order valence-corrected chi connectivity index (χ0v) is 11.2. The van der Waals surface area contributed by atoms with Crippen LogP contribution in [0.3, 0.4) is 0 Å². The van der Waals surface area contributed by atoms with Crippen molar-refractivity contribution in [1.29, 1.82) is 0 Å². The van der Waals surface area contributed by atoms with Crippen molar-refractivity contribution < 1.29 is 4.74 Å². The summed E-state index contributed by atoms with van der Waals surface area (Å²) in [6.07, 6.45) is 1.85. The van der Waals surface area contributed by atoms with E-state index in [1.807, 2.05) is 48.8 Å². The van der Waals surface area contributed by atoms with Crippen molar-refractivity contribution in [3.05, 3.63) is 60.4 Å². The molecule has 3 aromatic rings. The number of nitrogens with zero attached hydrogens (tertiary/aromatic N) is 2. The number of benzene rings is 2. The monoisotopic (exact) mass is 267 g/mol. The molecule has 0 saturated carbocycles. The molecule has 0 radical (unpaired) electrons. The molecule has 4 heteroatoms. The highest BCUT2D eigenvalue weighted by Crippen LogP contribution is 2.14. The number of nitrogens with two attached hydrogens (primary N) is 1. The summed E-state index contributed by atoms with van der Waals surface area (Å²) in [4.78, 5) is 4.36. The fourth-order valence-electron chi connectivity index (χ4n) is 2.17. The predicted molar refractivity (Wildman–Crippen MR) is 79.6 cm³/mol. The van der Waals surface area contributed by atoms with E-state index in [1.165, 1.54) is 0 Å². The number of aromatic nitrogens is 2. The summed E-state index contributed by atoms with van der Waals surface area (Å²) >= 11 is 0. The highest BCUT2D eigenvalue weighted by atomic mass is 16.5. The molecule has 1 aromatic heterocycles. The minimum absolute atomic E-state index is 0.557. The maximum Gasteiger partial charge on any atom is 0.119 e. The number of hydrogen-bond acceptors (Lipinski definition) is 3. The Morgan fingerprint density at radius 1 is 1.05 bits per heavy atom. The van der Waals surface area contributed by atoms with E-state index in [2.05, 4.69) is 15.6 Å². The second-order valence-corrected chi connectivity index (χ2v) is 4.62. The summed E-state index contributed by atoms with van der Waals surface area (Å²) in [6.45, 7) is 1.95. The zero-order chi connectivity index (χ0) is 13.8. The molecule has 0 aliphatic heterocycles. The Labute approximate surface area is 117 Å². The van der Waals surface area contributed by atoms with E-state index in [4.69, 9.17) is 10.5 Å². The van der Waals surface area contributed by atoms with Crippen molar-refractivity contribution in [2.45, 2.75) is 13.1 Å². The molecule has 20 heavy (non-hydrogen) atoms. The number of para-hydroxylation sites is 2. The van der Waals surface area contributed by atoms with Crippen LogP contribution in [-0.2, 0) is 13.1 Å². The molecule has 0 unspecified atom stereocenters. The van der Waals surface area contributed by atoms with Crippen molar-refractivity contribution in [2.75, 3.05) is 6.61 Å². The lowest BCUT2D eigenvalue weighted by Crippen LogP contribution is -2.07. The summed E-state index contributed by atoms with van der Waals surface area (Å²) < 4.78 is 7.84. The lowest BCUT2D eigenvalue weighted by atomic mass is 10.2. The van der Waals surface area contributed by atoms with E-state index in [9.17, 15) is 0 Å². The minimum Gasteiger partial charge on any atom is -0.492 e. The Hall–Kier alpha value is -2.33. The highest BCUT2D eigenvalue weighted by molar-refractivity contribution is 5.74. The van der Waals surface area contributed by atoms with Crippen LogP contribution >= 0.6 is 0 Å². The Bertz CT molecular complexity index is 688. The molecule has 0 atom stereocenters. The van der Waals surface area contributed by atoms with E-state index in [0.717, 1.165) is 28.9 Å². The molecule has 0 spiro atoms. The predicted octanol–water partition coefficient (Wildman–Crippen LogP) is 2.57. The molecular weight excluding hydrogens is 250 g/mol. The Balaban J connectivity index is 1.62. The van der Waals surface area contributed by atoms with Crippen LogP contribution in [0.5, 0.6) is 5.75 Å². The molecule has 0 saturated heterocycles. The SMILES string of the molecule is NCc1ccc(OCCn2cnc3ccccc32)cc1. The fraction of sp³-hybridized carbons (Fsp3) is 0.188. The molecule has 0 amide bonds. The van der Waals surface area contributed by atoms with Gasteiger partial charge in [-0.05, 0) is 29.8 Å². The summed E-state index contributed by atoms with van der Waals surface area (Å²) in [5.74, 6) is 0.867. The van der Waals surface area contributed by atoms with Crippen molar-refractivity contribution in [2.24, 2.45) is 5.73 Å². The second kappa shape index (κ2) is 5.75. The molecule has 102 valence electrons. The van der Waals surface area contributed by atoms with Gasteiger partial charge in [-0.2, -0.15) is 0 Å². The van der Waals surface area contributed by atoms with Gasteiger partial charge in [0.05, 0.1) is 23.9 Å². The van der Waals surface area contributed by atoms with E-state index < -0.39 is 0 Å². The third kappa shape index (κ3) is 2.65. The van der Waals surface area contributed by atoms with Gasteiger partial charge in [0.25, 0.3) is 0 Å². The van der Waals surface area contributed by atoms with Gasteiger partial charge in [0.1, 0.15) is 12.4 Å². The smallest absolute Gasteiger partial charge is 0.119 e. The second-order valence-electron chi connectivity index (χ2n) is 4.62. The van der Waals surface area contributed by atoms with Gasteiger partial charge in [0.2, 0.25) is 0 Å². The number of hydrogen-bond donors (Lipinski definition) is 1. The van der Waals surface area contributed by atoms with Gasteiger partial charge in [-0.1, -0.05) is 24.3 Å². The van der Waals surface area contributed by atoms with E-state index >= 15 is 0 Å². The number of rotatable bonds is 5. The lowest BCUT2D eigenvalue weighted by Gasteiger charge is -2.08. The topological polar surface area (TPSA) is 53.1 Å². The van der Waals surface area contributed by atoms with Gasteiger partial charge in [0.15, 0.2) is 0 Å². The Morgan fingerprint density at radius 3 is 2.65 bits per heavy atom. The van der Waals surface area contributed by atoms with Gasteiger partial charge in [0, 0.05) is 6.54 Å². The molecule has 0 aliphatic rings. The molecule has 2 N–H and O–H groups in total. The average molecular weight is 267 g/mol. The number of ether oxygens (including phenoxy) is 1. The maximum atomic E-state index is 5.74. The molecule has 4 nitrogen and oxygen atoms in total. The summed E-state index contributed by atoms with van der Waals surface area (Å²) in [7, 11) is 0. The van der Waals surface area contributed by atoms with Crippen molar-refractivity contribution >= 4 is 11.0 Å². The normalized spacial score (nSPS) is 10.8.